The summed E-state index contributed by atoms with van der Waals surface area (Å²) in [6.07, 6.45) is 0.528. The lowest BCUT2D eigenvalue weighted by Crippen LogP contribution is -2.00. The van der Waals surface area contributed by atoms with Gasteiger partial charge in [-0.15, -0.1) is 11.3 Å². The molecule has 0 saturated heterocycles. The highest BCUT2D eigenvalue weighted by Crippen LogP contribution is 2.30. The molecule has 0 bridgehead atoms. The normalized spacial score (nSPS) is 13.1. The van der Waals surface area contributed by atoms with Crippen molar-refractivity contribution in [3.05, 3.63) is 33.5 Å². The maximum atomic E-state index is 9.74. The molecule has 2 aromatic heterocycles. The van der Waals surface area contributed by atoms with Crippen LogP contribution in [0, 0.1) is 0 Å². The zero-order chi connectivity index (χ0) is 9.26. The predicted octanol–water partition coefficient (Wildman–Crippen LogP) is 1.60. The van der Waals surface area contributed by atoms with Crippen molar-refractivity contribution >= 4 is 22.9 Å². The monoisotopic (exact) mass is 215 g/mol. The standard InChI is InChI=1S/C7H6ClN3OS/c8-6-4(1-2-13-6)5(12)7-9-3-10-11-7/h1-3,5,12H,(H,9,10,11). The summed E-state index contributed by atoms with van der Waals surface area (Å²) in [6.45, 7) is 0. The molecule has 4 nitrogen and oxygen atoms in total. The Morgan fingerprint density at radius 2 is 2.46 bits per heavy atom. The third kappa shape index (κ3) is 1.58. The quantitative estimate of drug-likeness (QED) is 0.800. The molecule has 68 valence electrons. The summed E-state index contributed by atoms with van der Waals surface area (Å²) in [5.74, 6) is 0.403. The number of aliphatic hydroxyl groups excluding tert-OH is 1. The number of aliphatic hydroxyl groups is 1. The molecule has 6 heteroatoms. The van der Waals surface area contributed by atoms with E-state index in [0.717, 1.165) is 0 Å². The Bertz CT molecular complexity index is 386. The highest BCUT2D eigenvalue weighted by atomic mass is 35.5. The van der Waals surface area contributed by atoms with Gasteiger partial charge in [0, 0.05) is 5.56 Å². The minimum atomic E-state index is -0.818. The van der Waals surface area contributed by atoms with Crippen LogP contribution in [0.15, 0.2) is 17.8 Å². The number of rotatable bonds is 2. The Kier molecular flexibility index (Phi) is 2.30. The molecule has 0 radical (unpaired) electrons. The SMILES string of the molecule is OC(c1ncn[nH]1)c1ccsc1Cl. The van der Waals surface area contributed by atoms with Crippen molar-refractivity contribution in [1.29, 1.82) is 0 Å². The van der Waals surface area contributed by atoms with Crippen LogP contribution in [0.5, 0.6) is 0 Å². The number of aromatic nitrogens is 3. The van der Waals surface area contributed by atoms with Gasteiger partial charge in [0.25, 0.3) is 0 Å². The van der Waals surface area contributed by atoms with Crippen molar-refractivity contribution in [3.63, 3.8) is 0 Å². The van der Waals surface area contributed by atoms with Crippen molar-refractivity contribution in [1.82, 2.24) is 15.2 Å². The van der Waals surface area contributed by atoms with Crippen molar-refractivity contribution in [3.8, 4) is 0 Å². The first-order valence-corrected chi connectivity index (χ1v) is 4.81. The highest BCUT2D eigenvalue weighted by Gasteiger charge is 2.16. The number of hydrogen-bond donors (Lipinski definition) is 2. The first kappa shape index (κ1) is 8.68. The molecule has 0 aliphatic heterocycles. The summed E-state index contributed by atoms with van der Waals surface area (Å²) in [7, 11) is 0. The number of aromatic amines is 1. The summed E-state index contributed by atoms with van der Waals surface area (Å²) in [5, 5.41) is 17.8. The largest absolute Gasteiger partial charge is 0.380 e. The second-order valence-corrected chi connectivity index (χ2v) is 3.94. The van der Waals surface area contributed by atoms with Crippen LogP contribution < -0.4 is 0 Å². The molecular formula is C7H6ClN3OS. The van der Waals surface area contributed by atoms with E-state index in [0.29, 0.717) is 15.7 Å². The zero-order valence-electron chi connectivity index (χ0n) is 6.44. The summed E-state index contributed by atoms with van der Waals surface area (Å²) < 4.78 is 0.573. The smallest absolute Gasteiger partial charge is 0.157 e. The van der Waals surface area contributed by atoms with Gasteiger partial charge >= 0.3 is 0 Å². The topological polar surface area (TPSA) is 61.8 Å². The first-order valence-electron chi connectivity index (χ1n) is 3.55. The van der Waals surface area contributed by atoms with E-state index in [-0.39, 0.29) is 0 Å². The Balaban J connectivity index is 2.33. The second-order valence-electron chi connectivity index (χ2n) is 2.42. The molecule has 2 aromatic rings. The van der Waals surface area contributed by atoms with Gasteiger partial charge in [0.2, 0.25) is 0 Å². The van der Waals surface area contributed by atoms with Gasteiger partial charge in [-0.2, -0.15) is 5.10 Å². The van der Waals surface area contributed by atoms with Crippen LogP contribution in [-0.4, -0.2) is 20.3 Å². The molecule has 2 rings (SSSR count). The number of nitrogens with zero attached hydrogens (tertiary/aromatic N) is 2. The average molecular weight is 216 g/mol. The molecule has 0 spiro atoms. The van der Waals surface area contributed by atoms with Gasteiger partial charge in [-0.1, -0.05) is 11.6 Å². The van der Waals surface area contributed by atoms with Gasteiger partial charge in [-0.3, -0.25) is 5.10 Å². The van der Waals surface area contributed by atoms with Crippen molar-refractivity contribution < 1.29 is 5.11 Å². The fraction of sp³-hybridized carbons (Fsp3) is 0.143. The van der Waals surface area contributed by atoms with Gasteiger partial charge in [0.05, 0.1) is 4.34 Å². The molecular weight excluding hydrogens is 210 g/mol. The molecule has 0 amide bonds. The number of nitrogens with one attached hydrogen (secondary N) is 1. The van der Waals surface area contributed by atoms with Gasteiger partial charge < -0.3 is 5.11 Å². The Hall–Kier alpha value is -0.910. The Morgan fingerprint density at radius 3 is 3.00 bits per heavy atom. The van der Waals surface area contributed by atoms with E-state index in [1.54, 1.807) is 6.07 Å². The summed E-state index contributed by atoms with van der Waals surface area (Å²) in [4.78, 5) is 3.84. The fourth-order valence-corrected chi connectivity index (χ4v) is 1.96. The lowest BCUT2D eigenvalue weighted by atomic mass is 10.2. The van der Waals surface area contributed by atoms with Crippen LogP contribution in [0.25, 0.3) is 0 Å². The van der Waals surface area contributed by atoms with Crippen LogP contribution in [0.2, 0.25) is 4.34 Å². The van der Waals surface area contributed by atoms with Gasteiger partial charge in [-0.25, -0.2) is 4.98 Å². The lowest BCUT2D eigenvalue weighted by molar-refractivity contribution is 0.211. The third-order valence-electron chi connectivity index (χ3n) is 1.63. The van der Waals surface area contributed by atoms with Gasteiger partial charge in [0.1, 0.15) is 12.4 Å². The van der Waals surface area contributed by atoms with E-state index in [9.17, 15) is 5.11 Å². The number of H-pyrrole nitrogens is 1. The molecule has 2 N–H and O–H groups in total. The second kappa shape index (κ2) is 3.45. The minimum absolute atomic E-state index is 0.403. The zero-order valence-corrected chi connectivity index (χ0v) is 8.01. The van der Waals surface area contributed by atoms with E-state index < -0.39 is 6.10 Å². The summed E-state index contributed by atoms with van der Waals surface area (Å²) in [6, 6.07) is 1.76. The fourth-order valence-electron chi connectivity index (χ4n) is 0.993. The van der Waals surface area contributed by atoms with Gasteiger partial charge in [-0.05, 0) is 11.4 Å². The molecule has 0 aromatic carbocycles. The third-order valence-corrected chi connectivity index (χ3v) is 2.83. The maximum Gasteiger partial charge on any atom is 0.157 e. The number of hydrogen-bond acceptors (Lipinski definition) is 4. The molecule has 0 aliphatic carbocycles. The predicted molar refractivity (Wildman–Crippen MR) is 49.8 cm³/mol. The van der Waals surface area contributed by atoms with Gasteiger partial charge in [0.15, 0.2) is 5.82 Å². The maximum absolute atomic E-state index is 9.74. The van der Waals surface area contributed by atoms with Crippen molar-refractivity contribution in [2.75, 3.05) is 0 Å². The van der Waals surface area contributed by atoms with E-state index in [2.05, 4.69) is 15.2 Å². The molecule has 2 heterocycles. The number of thiophene rings is 1. The summed E-state index contributed by atoms with van der Waals surface area (Å²) in [5.41, 5.74) is 0.656. The van der Waals surface area contributed by atoms with Crippen LogP contribution in [0.1, 0.15) is 17.5 Å². The van der Waals surface area contributed by atoms with E-state index >= 15 is 0 Å². The van der Waals surface area contributed by atoms with E-state index in [1.165, 1.54) is 17.7 Å². The highest BCUT2D eigenvalue weighted by molar-refractivity contribution is 7.14. The first-order chi connectivity index (χ1) is 6.29. The van der Waals surface area contributed by atoms with E-state index in [4.69, 9.17) is 11.6 Å². The lowest BCUT2D eigenvalue weighted by Gasteiger charge is -2.04. The van der Waals surface area contributed by atoms with E-state index in [1.807, 2.05) is 5.38 Å². The average Bonchev–Trinajstić information content (AvgIpc) is 2.72. The minimum Gasteiger partial charge on any atom is -0.380 e. The van der Waals surface area contributed by atoms with Crippen LogP contribution in [0.3, 0.4) is 0 Å². The summed E-state index contributed by atoms with van der Waals surface area (Å²) >= 11 is 7.22. The van der Waals surface area contributed by atoms with Crippen LogP contribution >= 0.6 is 22.9 Å². The molecule has 0 saturated carbocycles. The number of halogens is 1. The molecule has 13 heavy (non-hydrogen) atoms. The molecule has 1 atom stereocenters. The molecule has 1 unspecified atom stereocenters. The molecule has 0 fully saturated rings. The molecule has 0 aliphatic rings. The Morgan fingerprint density at radius 1 is 1.62 bits per heavy atom. The van der Waals surface area contributed by atoms with Crippen LogP contribution in [0.4, 0.5) is 0 Å². The van der Waals surface area contributed by atoms with Crippen molar-refractivity contribution in [2.45, 2.75) is 6.10 Å². The van der Waals surface area contributed by atoms with Crippen LogP contribution in [-0.2, 0) is 0 Å². The van der Waals surface area contributed by atoms with Crippen molar-refractivity contribution in [2.24, 2.45) is 0 Å². The Labute approximate surface area is 83.2 Å².